The minimum atomic E-state index is -4.42. The van der Waals surface area contributed by atoms with Crippen LogP contribution >= 0.6 is 0 Å². The monoisotopic (exact) mass is 233 g/mol. The molecule has 7 nitrogen and oxygen atoms in total. The van der Waals surface area contributed by atoms with Crippen LogP contribution in [0.2, 0.25) is 0 Å². The summed E-state index contributed by atoms with van der Waals surface area (Å²) in [7, 11) is -4.42. The van der Waals surface area contributed by atoms with Gasteiger partial charge in [0, 0.05) is 0 Å². The number of carbonyl (C=O) groups is 1. The van der Waals surface area contributed by atoms with Gasteiger partial charge in [-0.1, -0.05) is 0 Å². The Bertz CT molecular complexity index is 494. The van der Waals surface area contributed by atoms with E-state index in [0.717, 1.165) is 18.2 Å². The number of nitrogens with one attached hydrogen (secondary N) is 1. The predicted molar refractivity (Wildman–Crippen MR) is 49.6 cm³/mol. The van der Waals surface area contributed by atoms with E-state index < -0.39 is 26.9 Å². The fraction of sp³-hybridized carbons (Fsp3) is 0. The van der Waals surface area contributed by atoms with Crippen LogP contribution < -0.4 is 5.32 Å². The molecule has 1 aromatic rings. The lowest BCUT2D eigenvalue weighted by Gasteiger charge is -2.05. The molecule has 0 spiro atoms. The lowest BCUT2D eigenvalue weighted by Crippen LogP contribution is -2.08. The quantitative estimate of drug-likeness (QED) is 0.441. The summed E-state index contributed by atoms with van der Waals surface area (Å²) in [5.74, 6) is -0.440. The molecule has 0 heterocycles. The standard InChI is InChI=1S/C7H7NO6S/c9-6-2-1-4(15(12,13)14)3-5(6)8-7(10)11/h1-3,8-9H,(H,10,11)(H,12,13,14). The van der Waals surface area contributed by atoms with Crippen molar-refractivity contribution >= 4 is 21.9 Å². The first kappa shape index (κ1) is 11.3. The molecule has 1 aromatic carbocycles. The average Bonchev–Trinajstić information content (AvgIpc) is 2.06. The number of benzene rings is 1. The molecular weight excluding hydrogens is 226 g/mol. The van der Waals surface area contributed by atoms with Crippen molar-refractivity contribution in [2.45, 2.75) is 4.90 Å². The van der Waals surface area contributed by atoms with Gasteiger partial charge in [-0.25, -0.2) is 4.79 Å². The van der Waals surface area contributed by atoms with Crippen LogP contribution in [-0.4, -0.2) is 29.3 Å². The number of amides is 1. The van der Waals surface area contributed by atoms with Gasteiger partial charge in [0.25, 0.3) is 10.1 Å². The van der Waals surface area contributed by atoms with E-state index in [-0.39, 0.29) is 5.69 Å². The van der Waals surface area contributed by atoms with Crippen LogP contribution in [-0.2, 0) is 10.1 Å². The van der Waals surface area contributed by atoms with Crippen molar-refractivity contribution in [3.8, 4) is 5.75 Å². The summed E-state index contributed by atoms with van der Waals surface area (Å²) in [6, 6.07) is 2.70. The van der Waals surface area contributed by atoms with E-state index in [2.05, 4.69) is 0 Å². The average molecular weight is 233 g/mol. The summed E-state index contributed by atoms with van der Waals surface area (Å²) < 4.78 is 30.0. The second kappa shape index (κ2) is 3.75. The maximum atomic E-state index is 10.7. The highest BCUT2D eigenvalue weighted by Crippen LogP contribution is 2.26. The third-order valence-electron chi connectivity index (χ3n) is 1.51. The highest BCUT2D eigenvalue weighted by Gasteiger charge is 2.13. The molecule has 0 aromatic heterocycles. The maximum Gasteiger partial charge on any atom is 0.409 e. The largest absolute Gasteiger partial charge is 0.506 e. The smallest absolute Gasteiger partial charge is 0.409 e. The lowest BCUT2D eigenvalue weighted by atomic mass is 10.3. The van der Waals surface area contributed by atoms with Crippen LogP contribution in [0.15, 0.2) is 23.1 Å². The van der Waals surface area contributed by atoms with E-state index in [9.17, 15) is 13.2 Å². The Labute approximate surface area is 84.7 Å². The van der Waals surface area contributed by atoms with Crippen molar-refractivity contribution in [3.05, 3.63) is 18.2 Å². The molecule has 15 heavy (non-hydrogen) atoms. The summed E-state index contributed by atoms with van der Waals surface area (Å²) in [4.78, 5) is 9.74. The summed E-state index contributed by atoms with van der Waals surface area (Å²) in [5.41, 5.74) is -0.322. The fourth-order valence-corrected chi connectivity index (χ4v) is 1.40. The van der Waals surface area contributed by atoms with Gasteiger partial charge >= 0.3 is 6.09 Å². The normalized spacial score (nSPS) is 11.0. The number of anilines is 1. The molecule has 0 aliphatic heterocycles. The summed E-state index contributed by atoms with van der Waals surface area (Å²) >= 11 is 0. The van der Waals surface area contributed by atoms with Crippen molar-refractivity contribution in [1.82, 2.24) is 0 Å². The molecule has 4 N–H and O–H groups in total. The van der Waals surface area contributed by atoms with Crippen LogP contribution in [0.3, 0.4) is 0 Å². The molecule has 0 aliphatic rings. The topological polar surface area (TPSA) is 124 Å². The SMILES string of the molecule is O=C(O)Nc1cc(S(=O)(=O)O)ccc1O. The van der Waals surface area contributed by atoms with Crippen LogP contribution in [0.1, 0.15) is 0 Å². The van der Waals surface area contributed by atoms with Gasteiger partial charge in [0.2, 0.25) is 0 Å². The third kappa shape index (κ3) is 2.82. The molecule has 0 unspecified atom stereocenters. The Balaban J connectivity index is 3.23. The lowest BCUT2D eigenvalue weighted by molar-refractivity contribution is 0.209. The molecule has 0 saturated heterocycles. The zero-order valence-electron chi connectivity index (χ0n) is 7.21. The van der Waals surface area contributed by atoms with E-state index in [4.69, 9.17) is 14.8 Å². The number of aromatic hydroxyl groups is 1. The Kier molecular flexibility index (Phi) is 2.82. The number of hydrogen-bond donors (Lipinski definition) is 4. The minimum Gasteiger partial charge on any atom is -0.506 e. The van der Waals surface area contributed by atoms with E-state index in [1.165, 1.54) is 0 Å². The van der Waals surface area contributed by atoms with Crippen LogP contribution in [0, 0.1) is 0 Å². The maximum absolute atomic E-state index is 10.7. The Hall–Kier alpha value is -1.80. The van der Waals surface area contributed by atoms with Crippen molar-refractivity contribution in [2.75, 3.05) is 5.32 Å². The summed E-state index contributed by atoms with van der Waals surface area (Å²) in [6.07, 6.45) is -1.46. The first-order chi connectivity index (χ1) is 6.80. The molecule has 0 atom stereocenters. The molecule has 0 saturated carbocycles. The third-order valence-corrected chi connectivity index (χ3v) is 2.36. The molecule has 1 amide bonds. The van der Waals surface area contributed by atoms with Crippen molar-refractivity contribution < 1.29 is 28.0 Å². The number of phenols is 1. The fourth-order valence-electron chi connectivity index (χ4n) is 0.891. The molecule has 8 heteroatoms. The Morgan fingerprint density at radius 2 is 1.93 bits per heavy atom. The molecule has 1 rings (SSSR count). The van der Waals surface area contributed by atoms with Gasteiger partial charge in [0.15, 0.2) is 0 Å². The van der Waals surface area contributed by atoms with Crippen LogP contribution in [0.5, 0.6) is 5.75 Å². The Morgan fingerprint density at radius 3 is 2.40 bits per heavy atom. The van der Waals surface area contributed by atoms with Crippen molar-refractivity contribution in [2.24, 2.45) is 0 Å². The zero-order valence-corrected chi connectivity index (χ0v) is 8.02. The first-order valence-corrected chi connectivity index (χ1v) is 5.05. The second-order valence-corrected chi connectivity index (χ2v) is 4.01. The molecule has 0 radical (unpaired) electrons. The van der Waals surface area contributed by atoms with Crippen LogP contribution in [0.4, 0.5) is 10.5 Å². The van der Waals surface area contributed by atoms with Gasteiger partial charge in [0.05, 0.1) is 10.6 Å². The van der Waals surface area contributed by atoms with Crippen molar-refractivity contribution in [1.29, 1.82) is 0 Å². The van der Waals surface area contributed by atoms with Gasteiger partial charge in [0.1, 0.15) is 5.75 Å². The van der Waals surface area contributed by atoms with Gasteiger partial charge in [-0.2, -0.15) is 8.42 Å². The van der Waals surface area contributed by atoms with Gasteiger partial charge in [-0.3, -0.25) is 9.87 Å². The number of phenolic OH excluding ortho intramolecular Hbond substituents is 1. The minimum absolute atomic E-state index is 0.322. The van der Waals surface area contributed by atoms with E-state index >= 15 is 0 Å². The second-order valence-electron chi connectivity index (χ2n) is 2.58. The summed E-state index contributed by atoms with van der Waals surface area (Å²) in [6.45, 7) is 0. The highest BCUT2D eigenvalue weighted by molar-refractivity contribution is 7.85. The molecule has 0 aliphatic carbocycles. The number of carboxylic acid groups (broad SMARTS) is 1. The number of rotatable bonds is 2. The van der Waals surface area contributed by atoms with Gasteiger partial charge in [-0.05, 0) is 18.2 Å². The first-order valence-electron chi connectivity index (χ1n) is 3.61. The number of hydrogen-bond acceptors (Lipinski definition) is 4. The van der Waals surface area contributed by atoms with Crippen LogP contribution in [0.25, 0.3) is 0 Å². The molecule has 0 bridgehead atoms. The molecular formula is C7H7NO6S. The summed E-state index contributed by atoms with van der Waals surface area (Å²) in [5, 5.41) is 19.3. The predicted octanol–water partition coefficient (Wildman–Crippen LogP) is 0.729. The Morgan fingerprint density at radius 1 is 1.33 bits per heavy atom. The zero-order chi connectivity index (χ0) is 11.6. The van der Waals surface area contributed by atoms with Crippen molar-refractivity contribution in [3.63, 3.8) is 0 Å². The molecule has 0 fully saturated rings. The van der Waals surface area contributed by atoms with E-state index in [0.29, 0.717) is 0 Å². The highest BCUT2D eigenvalue weighted by atomic mass is 32.2. The van der Waals surface area contributed by atoms with E-state index in [1.807, 2.05) is 0 Å². The van der Waals surface area contributed by atoms with Gasteiger partial charge < -0.3 is 10.2 Å². The van der Waals surface area contributed by atoms with Gasteiger partial charge in [-0.15, -0.1) is 0 Å². The van der Waals surface area contributed by atoms with E-state index in [1.54, 1.807) is 5.32 Å². The molecule has 82 valence electrons.